The van der Waals surface area contributed by atoms with E-state index < -0.39 is 40.2 Å². The van der Waals surface area contributed by atoms with E-state index >= 15 is 0 Å². The maximum atomic E-state index is 13.1. The zero-order valence-electron chi connectivity index (χ0n) is 12.3. The molecule has 0 saturated carbocycles. The highest BCUT2D eigenvalue weighted by Gasteiger charge is 2.43. The minimum atomic E-state index is -4.66. The van der Waals surface area contributed by atoms with Crippen LogP contribution in [0.3, 0.4) is 0 Å². The van der Waals surface area contributed by atoms with E-state index in [-0.39, 0.29) is 5.56 Å². The third-order valence-electron chi connectivity index (χ3n) is 2.76. The van der Waals surface area contributed by atoms with Crippen LogP contribution in [0.5, 0.6) is 0 Å². The summed E-state index contributed by atoms with van der Waals surface area (Å²) in [5.74, 6) is -0.659. The van der Waals surface area contributed by atoms with Crippen LogP contribution in [0.15, 0.2) is 28.7 Å². The molecule has 0 spiro atoms. The van der Waals surface area contributed by atoms with Gasteiger partial charge in [0.2, 0.25) is 0 Å². The molecule has 1 aromatic rings. The van der Waals surface area contributed by atoms with Gasteiger partial charge in [-0.05, 0) is 32.9 Å². The minimum absolute atomic E-state index is 0.181. The maximum Gasteiger partial charge on any atom is 0.405 e. The van der Waals surface area contributed by atoms with Crippen LogP contribution in [0.25, 0.3) is 0 Å². The smallest absolute Gasteiger partial charge is 0.294 e. The molecular weight excluding hydrogens is 383 g/mol. The molecule has 0 bridgehead atoms. The number of ketones is 1. The molecule has 1 aromatic carbocycles. The third-order valence-corrected chi connectivity index (χ3v) is 4.90. The monoisotopic (exact) mass is 399 g/mol. The first-order valence-corrected chi connectivity index (χ1v) is 8.39. The summed E-state index contributed by atoms with van der Waals surface area (Å²) in [6.07, 6.45) is -5.46. The van der Waals surface area contributed by atoms with Gasteiger partial charge in [0.15, 0.2) is 5.78 Å². The molecule has 0 fully saturated rings. The summed E-state index contributed by atoms with van der Waals surface area (Å²) in [5, 5.41) is 0. The van der Waals surface area contributed by atoms with E-state index in [1.165, 1.54) is 12.1 Å². The molecule has 0 radical (unpaired) electrons. The summed E-state index contributed by atoms with van der Waals surface area (Å²) in [6.45, 7) is 4.67. The summed E-state index contributed by atoms with van der Waals surface area (Å²) >= 11 is 3.19. The lowest BCUT2D eigenvalue weighted by Crippen LogP contribution is -2.48. The molecule has 0 aromatic heterocycles. The molecular formula is C14H17BrF3NO2S. The zero-order chi connectivity index (χ0) is 17.1. The standard InChI is InChI=1S/C14H17BrF3NO2S/c1-13(2,3)22(21)19-12(14(16,17)18)8-11(20)9-4-6-10(15)7-5-9/h4-7,12,19H,8H2,1-3H3/t12-,22-/m0/s1. The fourth-order valence-electron chi connectivity index (χ4n) is 1.47. The Balaban J connectivity index is 2.88. The van der Waals surface area contributed by atoms with Gasteiger partial charge in [-0.15, -0.1) is 0 Å². The van der Waals surface area contributed by atoms with E-state index in [4.69, 9.17) is 0 Å². The molecule has 0 aliphatic rings. The summed E-state index contributed by atoms with van der Waals surface area (Å²) in [7, 11) is -1.92. The predicted molar refractivity (Wildman–Crippen MR) is 84.0 cm³/mol. The quantitative estimate of drug-likeness (QED) is 0.760. The van der Waals surface area contributed by atoms with Crippen molar-refractivity contribution in [3.05, 3.63) is 34.3 Å². The van der Waals surface area contributed by atoms with Gasteiger partial charge in [0.25, 0.3) is 0 Å². The Labute approximate surface area is 138 Å². The van der Waals surface area contributed by atoms with Gasteiger partial charge < -0.3 is 0 Å². The molecule has 3 nitrogen and oxygen atoms in total. The summed E-state index contributed by atoms with van der Waals surface area (Å²) in [4.78, 5) is 12.0. The number of Topliss-reactive ketones (excluding diaryl/α,β-unsaturated/α-hetero) is 1. The molecule has 8 heteroatoms. The molecule has 0 aliphatic carbocycles. The molecule has 1 N–H and O–H groups in total. The molecule has 2 atom stereocenters. The fourth-order valence-corrected chi connectivity index (χ4v) is 2.56. The average molecular weight is 400 g/mol. The van der Waals surface area contributed by atoms with E-state index in [9.17, 15) is 22.2 Å². The van der Waals surface area contributed by atoms with E-state index in [1.54, 1.807) is 32.9 Å². The number of hydrogen-bond acceptors (Lipinski definition) is 2. The fraction of sp³-hybridized carbons (Fsp3) is 0.500. The lowest BCUT2D eigenvalue weighted by atomic mass is 10.0. The highest BCUT2D eigenvalue weighted by Crippen LogP contribution is 2.26. The molecule has 0 unspecified atom stereocenters. The number of hydrogen-bond donors (Lipinski definition) is 1. The zero-order valence-corrected chi connectivity index (χ0v) is 14.7. The first-order chi connectivity index (χ1) is 9.91. The van der Waals surface area contributed by atoms with Gasteiger partial charge in [-0.2, -0.15) is 13.2 Å². The van der Waals surface area contributed by atoms with Crippen molar-refractivity contribution in [2.24, 2.45) is 0 Å². The van der Waals surface area contributed by atoms with Crippen LogP contribution in [0.4, 0.5) is 13.2 Å². The minimum Gasteiger partial charge on any atom is -0.294 e. The van der Waals surface area contributed by atoms with Crippen molar-refractivity contribution in [2.45, 2.75) is 44.2 Å². The van der Waals surface area contributed by atoms with Crippen LogP contribution >= 0.6 is 15.9 Å². The number of nitrogens with one attached hydrogen (secondary N) is 1. The van der Waals surface area contributed by atoms with Crippen molar-refractivity contribution in [3.8, 4) is 0 Å². The predicted octanol–water partition coefficient (Wildman–Crippen LogP) is 4.00. The number of benzene rings is 1. The van der Waals surface area contributed by atoms with Gasteiger partial charge in [0.05, 0.1) is 15.7 Å². The van der Waals surface area contributed by atoms with Gasteiger partial charge in [-0.25, -0.2) is 8.93 Å². The highest BCUT2D eigenvalue weighted by atomic mass is 79.9. The van der Waals surface area contributed by atoms with Gasteiger partial charge in [-0.1, -0.05) is 28.1 Å². The van der Waals surface area contributed by atoms with Crippen molar-refractivity contribution in [1.29, 1.82) is 0 Å². The van der Waals surface area contributed by atoms with Gasteiger partial charge in [0.1, 0.15) is 6.04 Å². The van der Waals surface area contributed by atoms with Crippen molar-refractivity contribution >= 4 is 32.7 Å². The topological polar surface area (TPSA) is 46.2 Å². The van der Waals surface area contributed by atoms with Crippen molar-refractivity contribution in [2.75, 3.05) is 0 Å². The molecule has 22 heavy (non-hydrogen) atoms. The summed E-state index contributed by atoms with van der Waals surface area (Å²) < 4.78 is 52.9. The number of carbonyl (C=O) groups is 1. The average Bonchev–Trinajstić information content (AvgIpc) is 2.36. The second-order valence-corrected chi connectivity index (χ2v) is 8.64. The van der Waals surface area contributed by atoms with Crippen LogP contribution < -0.4 is 4.72 Å². The Morgan fingerprint density at radius 1 is 1.23 bits per heavy atom. The lowest BCUT2D eigenvalue weighted by molar-refractivity contribution is -0.150. The van der Waals surface area contributed by atoms with Gasteiger partial charge in [0, 0.05) is 16.5 Å². The lowest BCUT2D eigenvalue weighted by Gasteiger charge is -2.25. The maximum absolute atomic E-state index is 13.1. The number of alkyl halides is 3. The van der Waals surface area contributed by atoms with Crippen LogP contribution in [0.2, 0.25) is 0 Å². The van der Waals surface area contributed by atoms with Gasteiger partial charge in [-0.3, -0.25) is 4.79 Å². The molecule has 0 amide bonds. The van der Waals surface area contributed by atoms with Crippen molar-refractivity contribution in [3.63, 3.8) is 0 Å². The largest absolute Gasteiger partial charge is 0.405 e. The van der Waals surface area contributed by atoms with Crippen LogP contribution in [0.1, 0.15) is 37.6 Å². The van der Waals surface area contributed by atoms with Crippen LogP contribution in [-0.4, -0.2) is 27.0 Å². The second-order valence-electron chi connectivity index (χ2n) is 5.73. The Bertz CT molecular complexity index is 553. The number of carbonyl (C=O) groups excluding carboxylic acids is 1. The molecule has 0 aliphatic heterocycles. The van der Waals surface area contributed by atoms with Crippen molar-refractivity contribution in [1.82, 2.24) is 4.72 Å². The summed E-state index contributed by atoms with van der Waals surface area (Å²) in [6, 6.07) is 3.90. The molecule has 0 saturated heterocycles. The molecule has 1 rings (SSSR count). The molecule has 0 heterocycles. The molecule has 124 valence electrons. The van der Waals surface area contributed by atoms with E-state index in [0.29, 0.717) is 0 Å². The van der Waals surface area contributed by atoms with Crippen LogP contribution in [0, 0.1) is 0 Å². The van der Waals surface area contributed by atoms with Crippen LogP contribution in [-0.2, 0) is 11.0 Å². The van der Waals surface area contributed by atoms with Crippen molar-refractivity contribution < 1.29 is 22.2 Å². The normalized spacial score (nSPS) is 15.4. The summed E-state index contributed by atoms with van der Waals surface area (Å²) in [5.41, 5.74) is 0.181. The van der Waals surface area contributed by atoms with E-state index in [1.807, 2.05) is 4.72 Å². The third kappa shape index (κ3) is 5.81. The Hall–Kier alpha value is -0.730. The Kier molecular flexibility index (Phi) is 6.35. The Morgan fingerprint density at radius 3 is 2.14 bits per heavy atom. The number of rotatable bonds is 5. The Morgan fingerprint density at radius 2 is 1.73 bits per heavy atom. The first-order valence-electron chi connectivity index (χ1n) is 6.45. The number of halogens is 4. The van der Waals surface area contributed by atoms with E-state index in [2.05, 4.69) is 15.9 Å². The van der Waals surface area contributed by atoms with Gasteiger partial charge >= 0.3 is 6.18 Å². The second kappa shape index (κ2) is 7.23. The first kappa shape index (κ1) is 19.3. The van der Waals surface area contributed by atoms with E-state index in [0.717, 1.165) is 4.47 Å². The SMILES string of the molecule is CC(C)(C)[S@](=O)N[C@@H](CC(=O)c1ccc(Br)cc1)C(F)(F)F. The highest BCUT2D eigenvalue weighted by molar-refractivity contribution is 9.10.